The molecule has 9 nitrogen and oxygen atoms in total. The zero-order chi connectivity index (χ0) is 42.8. The van der Waals surface area contributed by atoms with E-state index in [2.05, 4.69) is 38.2 Å². The van der Waals surface area contributed by atoms with E-state index in [9.17, 15) is 19.0 Å². The van der Waals surface area contributed by atoms with Gasteiger partial charge in [-0.2, -0.15) is 0 Å². The molecule has 0 aromatic rings. The number of hydrogen-bond acceptors (Lipinski definition) is 8. The van der Waals surface area contributed by atoms with Crippen LogP contribution in [-0.4, -0.2) is 70.0 Å². The number of ether oxygens (including phenoxy) is 2. The fourth-order valence-corrected chi connectivity index (χ4v) is 7.40. The van der Waals surface area contributed by atoms with Crippen LogP contribution in [0.5, 0.6) is 0 Å². The summed E-state index contributed by atoms with van der Waals surface area (Å²) in [4.78, 5) is 37.5. The summed E-state index contributed by atoms with van der Waals surface area (Å²) in [6.45, 7) is 4.20. The van der Waals surface area contributed by atoms with E-state index in [0.29, 0.717) is 17.4 Å². The minimum Gasteiger partial charge on any atom is -0.756 e. The predicted molar refractivity (Wildman–Crippen MR) is 241 cm³/mol. The van der Waals surface area contributed by atoms with Crippen LogP contribution in [0.4, 0.5) is 0 Å². The summed E-state index contributed by atoms with van der Waals surface area (Å²) < 4.78 is 33.9. The number of quaternary nitrogens is 1. The van der Waals surface area contributed by atoms with Crippen LogP contribution in [0.2, 0.25) is 0 Å². The summed E-state index contributed by atoms with van der Waals surface area (Å²) in [6.07, 6.45) is 45.1. The molecule has 2 atom stereocenters. The van der Waals surface area contributed by atoms with Crippen molar-refractivity contribution >= 4 is 19.8 Å². The van der Waals surface area contributed by atoms with Crippen molar-refractivity contribution in [3.05, 3.63) is 24.3 Å². The molecule has 58 heavy (non-hydrogen) atoms. The Labute approximate surface area is 358 Å². The summed E-state index contributed by atoms with van der Waals surface area (Å²) >= 11 is 0. The van der Waals surface area contributed by atoms with E-state index in [1.165, 1.54) is 141 Å². The average Bonchev–Trinajstić information content (AvgIpc) is 3.17. The maximum Gasteiger partial charge on any atom is 0.306 e. The van der Waals surface area contributed by atoms with Crippen LogP contribution in [0.1, 0.15) is 219 Å². The molecule has 0 saturated heterocycles. The Morgan fingerprint density at radius 2 is 0.914 bits per heavy atom. The molecule has 10 heteroatoms. The first kappa shape index (κ1) is 56.5. The molecule has 342 valence electrons. The van der Waals surface area contributed by atoms with Gasteiger partial charge in [0.2, 0.25) is 0 Å². The molecule has 0 aromatic heterocycles. The molecular formula is C48H92NO8P. The van der Waals surface area contributed by atoms with Gasteiger partial charge in [-0.15, -0.1) is 0 Å². The highest BCUT2D eigenvalue weighted by atomic mass is 31.2. The number of likely N-dealkylation sites (N-methyl/N-ethyl adjacent to an activating group) is 1. The van der Waals surface area contributed by atoms with Crippen molar-refractivity contribution in [1.29, 1.82) is 0 Å². The number of carbonyl (C=O) groups is 2. The Morgan fingerprint density at radius 1 is 0.517 bits per heavy atom. The van der Waals surface area contributed by atoms with Crippen molar-refractivity contribution in [2.24, 2.45) is 0 Å². The maximum atomic E-state index is 12.7. The molecule has 0 saturated carbocycles. The van der Waals surface area contributed by atoms with Gasteiger partial charge >= 0.3 is 11.9 Å². The van der Waals surface area contributed by atoms with Crippen molar-refractivity contribution in [1.82, 2.24) is 0 Å². The summed E-state index contributed by atoms with van der Waals surface area (Å²) in [5, 5.41) is 0. The third-order valence-corrected chi connectivity index (χ3v) is 11.4. The normalized spacial score (nSPS) is 13.7. The molecule has 1 unspecified atom stereocenters. The Kier molecular flexibility index (Phi) is 39.8. The van der Waals surface area contributed by atoms with E-state index >= 15 is 0 Å². The van der Waals surface area contributed by atoms with Crippen LogP contribution >= 0.6 is 7.82 Å². The molecule has 0 fully saturated rings. The Balaban J connectivity index is 4.27. The second kappa shape index (κ2) is 40.9. The zero-order valence-electron chi connectivity index (χ0n) is 38.5. The lowest BCUT2D eigenvalue weighted by Gasteiger charge is -2.28. The first-order chi connectivity index (χ1) is 28.0. The fourth-order valence-electron chi connectivity index (χ4n) is 6.68. The van der Waals surface area contributed by atoms with Gasteiger partial charge in [0.05, 0.1) is 27.7 Å². The maximum absolute atomic E-state index is 12.7. The van der Waals surface area contributed by atoms with Crippen LogP contribution in [0.3, 0.4) is 0 Å². The molecule has 0 bridgehead atoms. The number of nitrogens with zero attached hydrogens (tertiary/aromatic N) is 1. The molecule has 0 aliphatic rings. The number of unbranched alkanes of at least 4 members (excludes halogenated alkanes) is 26. The van der Waals surface area contributed by atoms with Crippen molar-refractivity contribution in [2.75, 3.05) is 47.5 Å². The van der Waals surface area contributed by atoms with Crippen LogP contribution in [0.25, 0.3) is 0 Å². The quantitative estimate of drug-likeness (QED) is 0.0196. The monoisotopic (exact) mass is 842 g/mol. The number of phosphoric ester groups is 1. The van der Waals surface area contributed by atoms with E-state index in [1.807, 2.05) is 21.1 Å². The highest BCUT2D eigenvalue weighted by molar-refractivity contribution is 7.45. The number of allylic oxidation sites excluding steroid dienone is 4. The first-order valence-electron chi connectivity index (χ1n) is 24.0. The van der Waals surface area contributed by atoms with E-state index in [-0.39, 0.29) is 26.1 Å². The lowest BCUT2D eigenvalue weighted by atomic mass is 10.0. The van der Waals surface area contributed by atoms with Gasteiger partial charge < -0.3 is 27.9 Å². The van der Waals surface area contributed by atoms with Gasteiger partial charge in [0.25, 0.3) is 7.82 Å². The van der Waals surface area contributed by atoms with Crippen molar-refractivity contribution in [2.45, 2.75) is 225 Å². The minimum atomic E-state index is -4.63. The highest BCUT2D eigenvalue weighted by Gasteiger charge is 2.21. The van der Waals surface area contributed by atoms with Crippen molar-refractivity contribution < 1.29 is 42.1 Å². The van der Waals surface area contributed by atoms with Gasteiger partial charge in [-0.25, -0.2) is 0 Å². The molecule has 0 aliphatic heterocycles. The average molecular weight is 842 g/mol. The van der Waals surface area contributed by atoms with Gasteiger partial charge in [-0.3, -0.25) is 14.2 Å². The lowest BCUT2D eigenvalue weighted by molar-refractivity contribution is -0.870. The van der Waals surface area contributed by atoms with Crippen molar-refractivity contribution in [3.8, 4) is 0 Å². The minimum absolute atomic E-state index is 0.0357. The molecule has 0 amide bonds. The van der Waals surface area contributed by atoms with E-state index in [1.54, 1.807) is 0 Å². The zero-order valence-corrected chi connectivity index (χ0v) is 39.4. The second-order valence-electron chi connectivity index (χ2n) is 17.5. The largest absolute Gasteiger partial charge is 0.756 e. The lowest BCUT2D eigenvalue weighted by Crippen LogP contribution is -2.37. The Bertz CT molecular complexity index is 1040. The van der Waals surface area contributed by atoms with Crippen molar-refractivity contribution in [3.63, 3.8) is 0 Å². The molecule has 0 radical (unpaired) electrons. The molecular weight excluding hydrogens is 750 g/mol. The third-order valence-electron chi connectivity index (χ3n) is 10.5. The molecule has 0 heterocycles. The van der Waals surface area contributed by atoms with E-state index in [4.69, 9.17) is 18.5 Å². The second-order valence-corrected chi connectivity index (χ2v) is 18.9. The summed E-state index contributed by atoms with van der Waals surface area (Å²) in [5.74, 6) is -0.877. The number of esters is 2. The van der Waals surface area contributed by atoms with Crippen LogP contribution < -0.4 is 4.89 Å². The molecule has 0 spiro atoms. The van der Waals surface area contributed by atoms with Crippen LogP contribution in [0, 0.1) is 0 Å². The van der Waals surface area contributed by atoms with E-state index in [0.717, 1.165) is 44.9 Å². The number of carbonyl (C=O) groups excluding carboxylic acids is 2. The number of phosphoric acid groups is 1. The topological polar surface area (TPSA) is 111 Å². The van der Waals surface area contributed by atoms with Gasteiger partial charge in [-0.05, 0) is 44.9 Å². The van der Waals surface area contributed by atoms with Gasteiger partial charge in [0, 0.05) is 12.8 Å². The number of hydrogen-bond donors (Lipinski definition) is 0. The molecule has 0 aliphatic carbocycles. The highest BCUT2D eigenvalue weighted by Crippen LogP contribution is 2.38. The van der Waals surface area contributed by atoms with Crippen LogP contribution in [0.15, 0.2) is 24.3 Å². The fraction of sp³-hybridized carbons (Fsp3) is 0.875. The number of rotatable bonds is 44. The summed E-state index contributed by atoms with van der Waals surface area (Å²) in [7, 11) is 1.15. The summed E-state index contributed by atoms with van der Waals surface area (Å²) in [5.41, 5.74) is 0. The van der Waals surface area contributed by atoms with Crippen LogP contribution in [-0.2, 0) is 32.7 Å². The predicted octanol–water partition coefficient (Wildman–Crippen LogP) is 13.3. The Morgan fingerprint density at radius 3 is 1.38 bits per heavy atom. The van der Waals surface area contributed by atoms with Gasteiger partial charge in [0.15, 0.2) is 6.10 Å². The van der Waals surface area contributed by atoms with Gasteiger partial charge in [-0.1, -0.05) is 186 Å². The first-order valence-corrected chi connectivity index (χ1v) is 25.5. The van der Waals surface area contributed by atoms with E-state index < -0.39 is 32.5 Å². The smallest absolute Gasteiger partial charge is 0.306 e. The third kappa shape index (κ3) is 44.1. The SMILES string of the molecule is CCCCCCCCCCCCCCCC/C=C/CC/C=C/CCCC(=O)O[C@H](COC(=O)CCCCCCCCCCCCC)COP(=O)([O-])OCC[N+](C)(C)C. The summed E-state index contributed by atoms with van der Waals surface area (Å²) in [6, 6.07) is 0. The molecule has 0 aromatic carbocycles. The molecule has 0 N–H and O–H groups in total. The standard InChI is InChI=1S/C48H92NO8P/c1-6-8-10-12-14-16-18-19-20-21-22-23-24-25-26-27-28-29-31-33-35-37-39-41-48(51)57-46(45-56-58(52,53)55-43-42-49(3,4)5)44-54-47(50)40-38-36-34-32-30-17-15-13-11-9-7-2/h27-28,33,35,46H,6-26,29-32,34,36-45H2,1-5H3/b28-27+,35-33+/t46-/m1/s1. The Hall–Kier alpha value is -1.51. The molecule has 0 rings (SSSR count). The van der Waals surface area contributed by atoms with Gasteiger partial charge in [0.1, 0.15) is 19.8 Å².